The highest BCUT2D eigenvalue weighted by Crippen LogP contribution is 2.21. The molecule has 1 aromatic carbocycles. The van der Waals surface area contributed by atoms with Gasteiger partial charge in [0, 0.05) is 19.1 Å². The highest BCUT2D eigenvalue weighted by molar-refractivity contribution is 7.89. The standard InChI is InChI=1S/C18H26N2O5S/c1-3-14(2)19-17(21)13-25-18(22)15-7-9-16(10-8-15)26(23,24)20-11-5-4-6-12-20/h7-10,14H,3-6,11-13H2,1-2H3,(H,19,21)/t14-/m1/s1. The lowest BCUT2D eigenvalue weighted by molar-refractivity contribution is -0.124. The molecule has 1 N–H and O–H groups in total. The molecule has 1 aromatic rings. The first-order valence-corrected chi connectivity index (χ1v) is 10.3. The van der Waals surface area contributed by atoms with Gasteiger partial charge < -0.3 is 10.1 Å². The van der Waals surface area contributed by atoms with Gasteiger partial charge in [-0.1, -0.05) is 13.3 Å². The number of hydrogen-bond acceptors (Lipinski definition) is 5. The lowest BCUT2D eigenvalue weighted by Gasteiger charge is -2.25. The molecular weight excluding hydrogens is 356 g/mol. The Bertz CT molecular complexity index is 724. The second kappa shape index (κ2) is 9.14. The van der Waals surface area contributed by atoms with Gasteiger partial charge in [0.15, 0.2) is 6.61 Å². The monoisotopic (exact) mass is 382 g/mol. The molecule has 1 fully saturated rings. The van der Waals surface area contributed by atoms with Crippen LogP contribution in [0.25, 0.3) is 0 Å². The second-order valence-electron chi connectivity index (χ2n) is 6.44. The van der Waals surface area contributed by atoms with Crippen LogP contribution in [-0.4, -0.2) is 50.3 Å². The molecule has 7 nitrogen and oxygen atoms in total. The summed E-state index contributed by atoms with van der Waals surface area (Å²) in [5.74, 6) is -1.02. The molecule has 0 radical (unpaired) electrons. The summed E-state index contributed by atoms with van der Waals surface area (Å²) in [6, 6.07) is 5.64. The number of ether oxygens (including phenoxy) is 1. The quantitative estimate of drug-likeness (QED) is 0.728. The van der Waals surface area contributed by atoms with Crippen molar-refractivity contribution in [2.45, 2.75) is 50.5 Å². The minimum atomic E-state index is -3.53. The SMILES string of the molecule is CC[C@@H](C)NC(=O)COC(=O)c1ccc(S(=O)(=O)N2CCCCC2)cc1. The van der Waals surface area contributed by atoms with Crippen molar-refractivity contribution >= 4 is 21.9 Å². The summed E-state index contributed by atoms with van der Waals surface area (Å²) >= 11 is 0. The maximum Gasteiger partial charge on any atom is 0.338 e. The molecule has 8 heteroatoms. The summed E-state index contributed by atoms with van der Waals surface area (Å²) in [4.78, 5) is 23.8. The van der Waals surface area contributed by atoms with Gasteiger partial charge in [-0.05, 0) is 50.5 Å². The number of carbonyl (C=O) groups is 2. The number of piperidine rings is 1. The van der Waals surface area contributed by atoms with E-state index in [1.807, 2.05) is 13.8 Å². The Labute approximate surface area is 154 Å². The number of carbonyl (C=O) groups excluding carboxylic acids is 2. The molecule has 0 unspecified atom stereocenters. The van der Waals surface area contributed by atoms with Gasteiger partial charge in [-0.15, -0.1) is 0 Å². The minimum Gasteiger partial charge on any atom is -0.452 e. The number of hydrogen-bond donors (Lipinski definition) is 1. The van der Waals surface area contributed by atoms with Crippen LogP contribution in [0.2, 0.25) is 0 Å². The van der Waals surface area contributed by atoms with Gasteiger partial charge in [0.2, 0.25) is 10.0 Å². The summed E-state index contributed by atoms with van der Waals surface area (Å²) in [5.41, 5.74) is 0.207. The Morgan fingerprint density at radius 3 is 2.35 bits per heavy atom. The molecule has 1 amide bonds. The molecule has 1 heterocycles. The first-order valence-electron chi connectivity index (χ1n) is 8.91. The van der Waals surface area contributed by atoms with Crippen LogP contribution in [0.5, 0.6) is 0 Å². The van der Waals surface area contributed by atoms with Crippen molar-refractivity contribution in [1.82, 2.24) is 9.62 Å². The van der Waals surface area contributed by atoms with Crippen LogP contribution >= 0.6 is 0 Å². The average Bonchev–Trinajstić information content (AvgIpc) is 2.66. The zero-order valence-corrected chi connectivity index (χ0v) is 16.0. The molecule has 1 aliphatic rings. The van der Waals surface area contributed by atoms with Crippen molar-refractivity contribution in [3.63, 3.8) is 0 Å². The molecule has 1 atom stereocenters. The van der Waals surface area contributed by atoms with Gasteiger partial charge in [0.05, 0.1) is 10.5 Å². The van der Waals surface area contributed by atoms with Crippen molar-refractivity contribution < 1.29 is 22.7 Å². The van der Waals surface area contributed by atoms with E-state index in [1.54, 1.807) is 0 Å². The Morgan fingerprint density at radius 1 is 1.15 bits per heavy atom. The van der Waals surface area contributed by atoms with Crippen molar-refractivity contribution in [2.75, 3.05) is 19.7 Å². The topological polar surface area (TPSA) is 92.8 Å². The first kappa shape index (κ1) is 20.4. The predicted octanol–water partition coefficient (Wildman–Crippen LogP) is 1.93. The van der Waals surface area contributed by atoms with Gasteiger partial charge in [-0.25, -0.2) is 13.2 Å². The molecule has 1 aliphatic heterocycles. The van der Waals surface area contributed by atoms with Crippen LogP contribution in [0.4, 0.5) is 0 Å². The number of benzene rings is 1. The summed E-state index contributed by atoms with van der Waals surface area (Å²) in [6.45, 7) is 4.49. The van der Waals surface area contributed by atoms with Crippen molar-refractivity contribution in [3.8, 4) is 0 Å². The molecule has 0 spiro atoms. The van der Waals surface area contributed by atoms with Crippen molar-refractivity contribution in [2.24, 2.45) is 0 Å². The zero-order chi connectivity index (χ0) is 19.2. The van der Waals surface area contributed by atoms with Gasteiger partial charge in [-0.2, -0.15) is 4.31 Å². The summed E-state index contributed by atoms with van der Waals surface area (Å²) in [5, 5.41) is 2.70. The van der Waals surface area contributed by atoms with E-state index < -0.39 is 16.0 Å². The number of amides is 1. The summed E-state index contributed by atoms with van der Waals surface area (Å²) < 4.78 is 31.6. The maximum atomic E-state index is 12.6. The molecule has 0 aliphatic carbocycles. The van der Waals surface area contributed by atoms with E-state index in [0.29, 0.717) is 13.1 Å². The Morgan fingerprint density at radius 2 is 1.77 bits per heavy atom. The molecule has 0 aromatic heterocycles. The van der Waals surface area contributed by atoms with Gasteiger partial charge in [0.25, 0.3) is 5.91 Å². The molecule has 26 heavy (non-hydrogen) atoms. The Balaban J connectivity index is 1.96. The number of rotatable bonds is 7. The van der Waals surface area contributed by atoms with E-state index in [2.05, 4.69) is 5.32 Å². The number of nitrogens with zero attached hydrogens (tertiary/aromatic N) is 1. The first-order chi connectivity index (χ1) is 12.3. The molecule has 144 valence electrons. The van der Waals surface area contributed by atoms with Crippen LogP contribution in [0.3, 0.4) is 0 Å². The molecule has 0 saturated carbocycles. The zero-order valence-electron chi connectivity index (χ0n) is 15.2. The van der Waals surface area contributed by atoms with E-state index in [4.69, 9.17) is 4.74 Å². The molecule has 2 rings (SSSR count). The Hall–Kier alpha value is -1.93. The number of nitrogens with one attached hydrogen (secondary N) is 1. The lowest BCUT2D eigenvalue weighted by Crippen LogP contribution is -2.35. The fourth-order valence-corrected chi connectivity index (χ4v) is 4.17. The fraction of sp³-hybridized carbons (Fsp3) is 0.556. The normalized spacial score (nSPS) is 16.7. The van der Waals surface area contributed by atoms with Crippen LogP contribution in [0, 0.1) is 0 Å². The van der Waals surface area contributed by atoms with Gasteiger partial charge in [-0.3, -0.25) is 4.79 Å². The molecule has 1 saturated heterocycles. The van der Waals surface area contributed by atoms with E-state index in [-0.39, 0.29) is 29.0 Å². The smallest absolute Gasteiger partial charge is 0.338 e. The average molecular weight is 382 g/mol. The highest BCUT2D eigenvalue weighted by atomic mass is 32.2. The van der Waals surface area contributed by atoms with E-state index in [9.17, 15) is 18.0 Å². The summed E-state index contributed by atoms with van der Waals surface area (Å²) in [7, 11) is -3.53. The maximum absolute atomic E-state index is 12.6. The van der Waals surface area contributed by atoms with Crippen LogP contribution in [0.15, 0.2) is 29.2 Å². The Kier molecular flexibility index (Phi) is 7.16. The van der Waals surface area contributed by atoms with E-state index >= 15 is 0 Å². The van der Waals surface area contributed by atoms with E-state index in [0.717, 1.165) is 25.7 Å². The number of sulfonamides is 1. The minimum absolute atomic E-state index is 0.0143. The van der Waals surface area contributed by atoms with Gasteiger partial charge >= 0.3 is 5.97 Å². The van der Waals surface area contributed by atoms with Crippen molar-refractivity contribution in [1.29, 1.82) is 0 Å². The predicted molar refractivity (Wildman–Crippen MR) is 97.2 cm³/mol. The van der Waals surface area contributed by atoms with Crippen molar-refractivity contribution in [3.05, 3.63) is 29.8 Å². The summed E-state index contributed by atoms with van der Waals surface area (Å²) in [6.07, 6.45) is 3.55. The third-order valence-electron chi connectivity index (χ3n) is 4.40. The second-order valence-corrected chi connectivity index (χ2v) is 8.38. The fourth-order valence-electron chi connectivity index (χ4n) is 2.65. The third-order valence-corrected chi connectivity index (χ3v) is 6.31. The lowest BCUT2D eigenvalue weighted by atomic mass is 10.2. The van der Waals surface area contributed by atoms with Crippen LogP contribution < -0.4 is 5.32 Å². The highest BCUT2D eigenvalue weighted by Gasteiger charge is 2.26. The number of esters is 1. The van der Waals surface area contributed by atoms with Crippen LogP contribution in [-0.2, 0) is 19.6 Å². The van der Waals surface area contributed by atoms with Gasteiger partial charge in [0.1, 0.15) is 0 Å². The molecule has 0 bridgehead atoms. The van der Waals surface area contributed by atoms with Crippen LogP contribution in [0.1, 0.15) is 49.9 Å². The molecular formula is C18H26N2O5S. The van der Waals surface area contributed by atoms with E-state index in [1.165, 1.54) is 28.6 Å². The third kappa shape index (κ3) is 5.28. The largest absolute Gasteiger partial charge is 0.452 e.